The summed E-state index contributed by atoms with van der Waals surface area (Å²) in [6, 6.07) is 10.4. The Bertz CT molecular complexity index is 1170. The minimum absolute atomic E-state index is 0.0405. The summed E-state index contributed by atoms with van der Waals surface area (Å²) >= 11 is 0. The number of ether oxygens (including phenoxy) is 1. The molecule has 0 aromatic heterocycles. The van der Waals surface area contributed by atoms with Gasteiger partial charge >= 0.3 is 0 Å². The van der Waals surface area contributed by atoms with E-state index in [1.54, 1.807) is 30.3 Å². The van der Waals surface area contributed by atoms with Crippen molar-refractivity contribution in [2.75, 3.05) is 39.5 Å². The molecule has 12 heteroatoms. The Morgan fingerprint density at radius 3 is 2.08 bits per heavy atom. The van der Waals surface area contributed by atoms with Crippen LogP contribution < -0.4 is 16.0 Å². The van der Waals surface area contributed by atoms with E-state index in [0.717, 1.165) is 6.08 Å². The fourth-order valence-electron chi connectivity index (χ4n) is 3.95. The number of nitrogens with one attached hydrogen (secondary N) is 3. The van der Waals surface area contributed by atoms with Crippen LogP contribution in [0.5, 0.6) is 0 Å². The van der Waals surface area contributed by atoms with Crippen LogP contribution in [0.3, 0.4) is 0 Å². The Morgan fingerprint density at radius 1 is 0.850 bits per heavy atom. The number of aliphatic hydroxyl groups excluding tert-OH is 2. The average Bonchev–Trinajstić information content (AvgIpc) is 2.98. The molecule has 4 amide bonds. The molecule has 0 saturated carbocycles. The minimum atomic E-state index is -1.39. The highest BCUT2D eigenvalue weighted by Crippen LogP contribution is 2.07. The summed E-state index contributed by atoms with van der Waals surface area (Å²) in [5, 5.41) is 27.0. The van der Waals surface area contributed by atoms with E-state index in [2.05, 4.69) is 16.0 Å². The molecule has 1 fully saturated rings. The van der Waals surface area contributed by atoms with Gasteiger partial charge in [-0.1, -0.05) is 42.5 Å². The summed E-state index contributed by atoms with van der Waals surface area (Å²) in [6.45, 7) is -0.0679. The third kappa shape index (κ3) is 9.26. The average molecular weight is 557 g/mol. The van der Waals surface area contributed by atoms with Gasteiger partial charge in [0.05, 0.1) is 26.4 Å². The summed E-state index contributed by atoms with van der Waals surface area (Å²) in [5.41, 5.74) is 1.25. The Balaban J connectivity index is 1.68. The van der Waals surface area contributed by atoms with E-state index in [1.165, 1.54) is 35.2 Å². The van der Waals surface area contributed by atoms with Gasteiger partial charge < -0.3 is 35.8 Å². The van der Waals surface area contributed by atoms with Crippen molar-refractivity contribution in [1.82, 2.24) is 20.9 Å². The Hall–Kier alpha value is -4.13. The highest BCUT2D eigenvalue weighted by molar-refractivity contribution is 5.97. The standard InChI is InChI=1S/C28H33FN4O7/c29-21-9-6-19(7-10-21)8-11-25(36)30-23(17-34)27(38)31-22(16-20-4-2-1-3-5-20)26(37)32-24(18-35)28(39)33-12-14-40-15-13-33/h1-11,22-24,34-35H,12-18H2,(H,30,36)(H,31,38)(H,32,37)/b11-8+/t22-,23-,24-/m0/s1. The number of carbonyl (C=O) groups excluding carboxylic acids is 4. The quantitative estimate of drug-likeness (QED) is 0.218. The van der Waals surface area contributed by atoms with E-state index >= 15 is 0 Å². The number of morpholine rings is 1. The molecule has 1 aliphatic heterocycles. The zero-order valence-corrected chi connectivity index (χ0v) is 21.8. The molecule has 0 bridgehead atoms. The molecule has 1 heterocycles. The van der Waals surface area contributed by atoms with Gasteiger partial charge in [-0.25, -0.2) is 4.39 Å². The van der Waals surface area contributed by atoms with E-state index in [4.69, 9.17) is 4.74 Å². The first-order valence-electron chi connectivity index (χ1n) is 12.8. The molecule has 0 radical (unpaired) electrons. The zero-order chi connectivity index (χ0) is 28.9. The van der Waals surface area contributed by atoms with Crippen LogP contribution in [-0.2, 0) is 30.3 Å². The molecule has 5 N–H and O–H groups in total. The van der Waals surface area contributed by atoms with Gasteiger partial charge in [-0.2, -0.15) is 0 Å². The van der Waals surface area contributed by atoms with E-state index in [0.29, 0.717) is 37.4 Å². The van der Waals surface area contributed by atoms with E-state index in [1.807, 2.05) is 0 Å². The number of halogens is 1. The van der Waals surface area contributed by atoms with Gasteiger partial charge in [0, 0.05) is 25.6 Å². The van der Waals surface area contributed by atoms with Crippen LogP contribution in [0.25, 0.3) is 6.08 Å². The second kappa shape index (κ2) is 15.5. The number of rotatable bonds is 12. The van der Waals surface area contributed by atoms with Gasteiger partial charge in [0.2, 0.25) is 23.6 Å². The van der Waals surface area contributed by atoms with Crippen LogP contribution in [0, 0.1) is 5.82 Å². The van der Waals surface area contributed by atoms with Crippen LogP contribution in [-0.4, -0.2) is 96.4 Å². The molecule has 40 heavy (non-hydrogen) atoms. The monoisotopic (exact) mass is 556 g/mol. The van der Waals surface area contributed by atoms with Crippen LogP contribution in [0.1, 0.15) is 11.1 Å². The van der Waals surface area contributed by atoms with Crippen molar-refractivity contribution in [2.45, 2.75) is 24.5 Å². The molecular weight excluding hydrogens is 523 g/mol. The van der Waals surface area contributed by atoms with Crippen molar-refractivity contribution in [2.24, 2.45) is 0 Å². The van der Waals surface area contributed by atoms with Gasteiger partial charge in [-0.15, -0.1) is 0 Å². The first kappa shape index (κ1) is 30.4. The normalized spacial score (nSPS) is 15.6. The summed E-state index contributed by atoms with van der Waals surface area (Å²) < 4.78 is 18.3. The van der Waals surface area contributed by atoms with Crippen molar-refractivity contribution < 1.29 is 38.5 Å². The lowest BCUT2D eigenvalue weighted by atomic mass is 10.0. The number of aliphatic hydroxyl groups is 2. The fraction of sp³-hybridized carbons (Fsp3) is 0.357. The Kier molecular flexibility index (Phi) is 11.8. The molecule has 1 saturated heterocycles. The van der Waals surface area contributed by atoms with E-state index < -0.39 is 60.8 Å². The van der Waals surface area contributed by atoms with Crippen LogP contribution in [0.2, 0.25) is 0 Å². The summed E-state index contributed by atoms with van der Waals surface area (Å²) in [4.78, 5) is 52.9. The van der Waals surface area contributed by atoms with Crippen LogP contribution in [0.15, 0.2) is 60.7 Å². The van der Waals surface area contributed by atoms with Crippen LogP contribution in [0.4, 0.5) is 4.39 Å². The third-order valence-electron chi connectivity index (χ3n) is 6.15. The van der Waals surface area contributed by atoms with Crippen molar-refractivity contribution in [1.29, 1.82) is 0 Å². The smallest absolute Gasteiger partial charge is 0.247 e. The van der Waals surface area contributed by atoms with Crippen molar-refractivity contribution >= 4 is 29.7 Å². The van der Waals surface area contributed by atoms with E-state index in [-0.39, 0.29) is 6.42 Å². The number of nitrogens with zero attached hydrogens (tertiary/aromatic N) is 1. The summed E-state index contributed by atoms with van der Waals surface area (Å²) in [5.74, 6) is -3.15. The largest absolute Gasteiger partial charge is 0.394 e. The van der Waals surface area contributed by atoms with Crippen molar-refractivity contribution in [3.05, 3.63) is 77.6 Å². The van der Waals surface area contributed by atoms with Crippen LogP contribution >= 0.6 is 0 Å². The predicted octanol–water partition coefficient (Wildman–Crippen LogP) is -0.621. The highest BCUT2D eigenvalue weighted by atomic mass is 19.1. The molecule has 11 nitrogen and oxygen atoms in total. The highest BCUT2D eigenvalue weighted by Gasteiger charge is 2.31. The number of hydrogen-bond donors (Lipinski definition) is 5. The molecule has 2 aromatic rings. The topological polar surface area (TPSA) is 157 Å². The van der Waals surface area contributed by atoms with E-state index in [9.17, 15) is 33.8 Å². The molecule has 0 unspecified atom stereocenters. The lowest BCUT2D eigenvalue weighted by Crippen LogP contribution is -2.59. The fourth-order valence-corrected chi connectivity index (χ4v) is 3.95. The zero-order valence-electron chi connectivity index (χ0n) is 21.8. The SMILES string of the molecule is O=C(/C=C/c1ccc(F)cc1)N[C@@H](CO)C(=O)N[C@@H](Cc1ccccc1)C(=O)N[C@@H](CO)C(=O)N1CCOCC1. The molecule has 3 atom stereocenters. The first-order valence-corrected chi connectivity index (χ1v) is 12.8. The van der Waals surface area contributed by atoms with Gasteiger partial charge in [-0.05, 0) is 29.3 Å². The maximum atomic E-state index is 13.2. The summed E-state index contributed by atoms with van der Waals surface area (Å²) in [6.07, 6.45) is 2.58. The second-order valence-electron chi connectivity index (χ2n) is 9.06. The van der Waals surface area contributed by atoms with Gasteiger partial charge in [-0.3, -0.25) is 19.2 Å². The molecule has 0 aliphatic carbocycles. The third-order valence-corrected chi connectivity index (χ3v) is 6.15. The molecule has 2 aromatic carbocycles. The Morgan fingerprint density at radius 2 is 1.45 bits per heavy atom. The second-order valence-corrected chi connectivity index (χ2v) is 9.06. The minimum Gasteiger partial charge on any atom is -0.394 e. The number of benzene rings is 2. The molecular formula is C28H33FN4O7. The lowest BCUT2D eigenvalue weighted by Gasteiger charge is -2.31. The van der Waals surface area contributed by atoms with Gasteiger partial charge in [0.25, 0.3) is 0 Å². The molecule has 1 aliphatic rings. The molecule has 0 spiro atoms. The lowest BCUT2D eigenvalue weighted by molar-refractivity contribution is -0.141. The number of amides is 4. The number of carbonyl (C=O) groups is 4. The summed E-state index contributed by atoms with van der Waals surface area (Å²) in [7, 11) is 0. The van der Waals surface area contributed by atoms with Gasteiger partial charge in [0.1, 0.15) is 23.9 Å². The first-order chi connectivity index (χ1) is 19.3. The number of hydrogen-bond acceptors (Lipinski definition) is 7. The maximum Gasteiger partial charge on any atom is 0.247 e. The molecule has 3 rings (SSSR count). The van der Waals surface area contributed by atoms with Gasteiger partial charge in [0.15, 0.2) is 0 Å². The van der Waals surface area contributed by atoms with Crippen molar-refractivity contribution in [3.8, 4) is 0 Å². The Labute approximate surface area is 231 Å². The van der Waals surface area contributed by atoms with Crippen molar-refractivity contribution in [3.63, 3.8) is 0 Å². The molecule has 214 valence electrons. The maximum absolute atomic E-state index is 13.2. The predicted molar refractivity (Wildman–Crippen MR) is 143 cm³/mol.